The van der Waals surface area contributed by atoms with Crippen molar-refractivity contribution in [1.82, 2.24) is 9.78 Å². The van der Waals surface area contributed by atoms with Crippen LogP contribution in [0.2, 0.25) is 0 Å². The molecule has 0 radical (unpaired) electrons. The number of fused-ring (bicyclic) bond motifs is 1. The first kappa shape index (κ1) is 15.3. The van der Waals surface area contributed by atoms with Gasteiger partial charge in [0.15, 0.2) is 0 Å². The molecule has 4 rings (SSSR count). The molecule has 1 N–H and O–H groups in total. The summed E-state index contributed by atoms with van der Waals surface area (Å²) in [6.07, 6.45) is 7.33. The zero-order valence-electron chi connectivity index (χ0n) is 13.5. The van der Waals surface area contributed by atoms with Crippen LogP contribution in [0.3, 0.4) is 0 Å². The number of benzene rings is 2. The molecule has 1 aromatic heterocycles. The molecule has 0 bridgehead atoms. The van der Waals surface area contributed by atoms with Crippen LogP contribution >= 0.6 is 0 Å². The summed E-state index contributed by atoms with van der Waals surface area (Å²) in [6, 6.07) is 12.3. The van der Waals surface area contributed by atoms with Crippen molar-refractivity contribution in [3.63, 3.8) is 0 Å². The van der Waals surface area contributed by atoms with Gasteiger partial charge in [0.2, 0.25) is 0 Å². The van der Waals surface area contributed by atoms with Crippen LogP contribution in [0, 0.1) is 11.7 Å². The second kappa shape index (κ2) is 6.36. The van der Waals surface area contributed by atoms with Crippen molar-refractivity contribution in [1.29, 1.82) is 0 Å². The van der Waals surface area contributed by atoms with Crippen LogP contribution in [0.1, 0.15) is 43.8 Å². The van der Waals surface area contributed by atoms with E-state index in [1.54, 1.807) is 23.0 Å². The Bertz CT molecular complexity index is 834. The monoisotopic (exact) mass is 324 g/mol. The van der Waals surface area contributed by atoms with Crippen LogP contribution in [0.5, 0.6) is 0 Å². The number of hydrogen-bond acceptors (Lipinski definition) is 2. The minimum Gasteiger partial charge on any atom is -0.388 e. The first-order valence-corrected chi connectivity index (χ1v) is 8.64. The molecule has 1 unspecified atom stereocenters. The fourth-order valence-electron chi connectivity index (χ4n) is 3.75. The number of aliphatic hydroxyl groups excluding tert-OH is 1. The highest BCUT2D eigenvalue weighted by Crippen LogP contribution is 2.35. The minimum atomic E-state index is -0.399. The number of nitrogens with zero attached hydrogens (tertiary/aromatic N) is 2. The van der Waals surface area contributed by atoms with Crippen molar-refractivity contribution >= 4 is 10.9 Å². The molecule has 1 aliphatic carbocycles. The zero-order valence-corrected chi connectivity index (χ0v) is 13.5. The molecule has 3 nitrogen and oxygen atoms in total. The lowest BCUT2D eigenvalue weighted by Crippen LogP contribution is -2.15. The van der Waals surface area contributed by atoms with Crippen molar-refractivity contribution in [2.45, 2.75) is 38.2 Å². The van der Waals surface area contributed by atoms with Gasteiger partial charge in [0.25, 0.3) is 0 Å². The quantitative estimate of drug-likeness (QED) is 0.753. The summed E-state index contributed by atoms with van der Waals surface area (Å²) in [6.45, 7) is 0. The van der Waals surface area contributed by atoms with E-state index in [1.165, 1.54) is 31.4 Å². The Morgan fingerprint density at radius 1 is 1.04 bits per heavy atom. The summed E-state index contributed by atoms with van der Waals surface area (Å²) in [5.74, 6) is 0.108. The van der Waals surface area contributed by atoms with Crippen molar-refractivity contribution in [2.24, 2.45) is 5.92 Å². The molecule has 2 aromatic carbocycles. The van der Waals surface area contributed by atoms with E-state index in [9.17, 15) is 9.50 Å². The van der Waals surface area contributed by atoms with Crippen LogP contribution < -0.4 is 0 Å². The zero-order chi connectivity index (χ0) is 16.5. The van der Waals surface area contributed by atoms with Gasteiger partial charge in [0, 0.05) is 5.39 Å². The molecule has 0 spiro atoms. The summed E-state index contributed by atoms with van der Waals surface area (Å²) in [7, 11) is 0. The van der Waals surface area contributed by atoms with E-state index in [-0.39, 0.29) is 5.82 Å². The Morgan fingerprint density at radius 2 is 1.79 bits per heavy atom. The SMILES string of the molecule is OC(c1ccc2c(cnn2-c2ccc(F)cc2)c1)C1CCCCC1. The maximum Gasteiger partial charge on any atom is 0.123 e. The molecule has 1 saturated carbocycles. The lowest BCUT2D eigenvalue weighted by atomic mass is 9.82. The summed E-state index contributed by atoms with van der Waals surface area (Å²) in [4.78, 5) is 0. The fourth-order valence-corrected chi connectivity index (χ4v) is 3.75. The molecule has 3 aromatic rings. The van der Waals surface area contributed by atoms with Gasteiger partial charge in [-0.05, 0) is 60.7 Å². The number of hydrogen-bond donors (Lipinski definition) is 1. The number of aliphatic hydroxyl groups is 1. The van der Waals surface area contributed by atoms with Gasteiger partial charge >= 0.3 is 0 Å². The molecule has 4 heteroatoms. The topological polar surface area (TPSA) is 38.1 Å². The first-order chi connectivity index (χ1) is 11.7. The number of rotatable bonds is 3. The second-order valence-corrected chi connectivity index (χ2v) is 6.69. The van der Waals surface area contributed by atoms with Gasteiger partial charge in [-0.25, -0.2) is 9.07 Å². The molecule has 0 aliphatic heterocycles. The molecule has 1 fully saturated rings. The Morgan fingerprint density at radius 3 is 2.54 bits per heavy atom. The highest BCUT2D eigenvalue weighted by Gasteiger charge is 2.23. The van der Waals surface area contributed by atoms with E-state index in [4.69, 9.17) is 0 Å². The summed E-state index contributed by atoms with van der Waals surface area (Å²) < 4.78 is 14.9. The minimum absolute atomic E-state index is 0.256. The van der Waals surface area contributed by atoms with Gasteiger partial charge in [0.1, 0.15) is 5.82 Å². The van der Waals surface area contributed by atoms with Crippen LogP contribution in [-0.2, 0) is 0 Å². The maximum absolute atomic E-state index is 13.1. The van der Waals surface area contributed by atoms with Crippen LogP contribution in [0.25, 0.3) is 16.6 Å². The summed E-state index contributed by atoms with van der Waals surface area (Å²) in [5.41, 5.74) is 2.75. The fraction of sp³-hybridized carbons (Fsp3) is 0.350. The lowest BCUT2D eigenvalue weighted by molar-refractivity contribution is 0.0849. The molecular weight excluding hydrogens is 303 g/mol. The Hall–Kier alpha value is -2.20. The van der Waals surface area contributed by atoms with Crippen LogP contribution in [-0.4, -0.2) is 14.9 Å². The van der Waals surface area contributed by atoms with Gasteiger partial charge in [-0.15, -0.1) is 0 Å². The standard InChI is InChI=1S/C20H21FN2O/c21-17-7-9-18(10-8-17)23-19-11-6-15(12-16(19)13-22-23)20(24)14-4-2-1-3-5-14/h6-14,20,24H,1-5H2. The predicted molar refractivity (Wildman–Crippen MR) is 92.6 cm³/mol. The average molecular weight is 324 g/mol. The van der Waals surface area contributed by atoms with Crippen molar-refractivity contribution < 1.29 is 9.50 Å². The Labute approximate surface area is 140 Å². The molecule has 1 aliphatic rings. The maximum atomic E-state index is 13.1. The van der Waals surface area contributed by atoms with Crippen LogP contribution in [0.15, 0.2) is 48.7 Å². The molecule has 1 heterocycles. The van der Waals surface area contributed by atoms with Gasteiger partial charge in [-0.3, -0.25) is 0 Å². The van der Waals surface area contributed by atoms with E-state index < -0.39 is 6.10 Å². The summed E-state index contributed by atoms with van der Waals surface area (Å²) in [5, 5.41) is 16.1. The molecule has 124 valence electrons. The second-order valence-electron chi connectivity index (χ2n) is 6.69. The van der Waals surface area contributed by atoms with Gasteiger partial charge < -0.3 is 5.11 Å². The van der Waals surface area contributed by atoms with E-state index in [0.717, 1.165) is 35.0 Å². The molecule has 1 atom stereocenters. The number of halogens is 1. The van der Waals surface area contributed by atoms with Crippen molar-refractivity contribution in [3.8, 4) is 5.69 Å². The predicted octanol–water partition coefficient (Wildman–Crippen LogP) is 4.78. The third-order valence-electron chi connectivity index (χ3n) is 5.10. The first-order valence-electron chi connectivity index (χ1n) is 8.64. The largest absolute Gasteiger partial charge is 0.388 e. The van der Waals surface area contributed by atoms with Gasteiger partial charge in [-0.2, -0.15) is 5.10 Å². The lowest BCUT2D eigenvalue weighted by Gasteiger charge is -2.26. The smallest absolute Gasteiger partial charge is 0.123 e. The Kier molecular flexibility index (Phi) is 4.07. The van der Waals surface area contributed by atoms with Crippen molar-refractivity contribution in [2.75, 3.05) is 0 Å². The van der Waals surface area contributed by atoms with Gasteiger partial charge in [0.05, 0.1) is 23.5 Å². The summed E-state index contributed by atoms with van der Waals surface area (Å²) >= 11 is 0. The average Bonchev–Trinajstić information content (AvgIpc) is 3.05. The molecule has 0 amide bonds. The highest BCUT2D eigenvalue weighted by atomic mass is 19.1. The highest BCUT2D eigenvalue weighted by molar-refractivity contribution is 5.81. The third kappa shape index (κ3) is 2.82. The van der Waals surface area contributed by atoms with E-state index in [1.807, 2.05) is 18.2 Å². The molecule has 24 heavy (non-hydrogen) atoms. The van der Waals surface area contributed by atoms with E-state index in [0.29, 0.717) is 5.92 Å². The normalized spacial score (nSPS) is 17.2. The Balaban J connectivity index is 1.66. The van der Waals surface area contributed by atoms with E-state index >= 15 is 0 Å². The third-order valence-corrected chi connectivity index (χ3v) is 5.10. The van der Waals surface area contributed by atoms with Crippen molar-refractivity contribution in [3.05, 3.63) is 60.0 Å². The van der Waals surface area contributed by atoms with Gasteiger partial charge in [-0.1, -0.05) is 25.3 Å². The number of aromatic nitrogens is 2. The molecular formula is C20H21FN2O. The van der Waals surface area contributed by atoms with Crippen LogP contribution in [0.4, 0.5) is 4.39 Å². The van der Waals surface area contributed by atoms with E-state index in [2.05, 4.69) is 5.10 Å². The molecule has 0 saturated heterocycles.